The summed E-state index contributed by atoms with van der Waals surface area (Å²) in [6.07, 6.45) is 5.35. The first kappa shape index (κ1) is 7.27. The second kappa shape index (κ2) is 2.92. The molecule has 0 spiro atoms. The van der Waals surface area contributed by atoms with Gasteiger partial charge in [0, 0.05) is 19.3 Å². The standard InChI is InChI=1S/C7H10N4O/c12-6-10-3-1-7(5-10)11-4-2-8-9-11/h2,4,6-7H,1,3,5H2. The minimum absolute atomic E-state index is 0.317. The Bertz CT molecular complexity index is 258. The Labute approximate surface area is 70.0 Å². The van der Waals surface area contributed by atoms with Crippen molar-refractivity contribution in [3.63, 3.8) is 0 Å². The molecule has 1 aromatic heterocycles. The van der Waals surface area contributed by atoms with Gasteiger partial charge >= 0.3 is 0 Å². The smallest absolute Gasteiger partial charge is 0.209 e. The van der Waals surface area contributed by atoms with Crippen molar-refractivity contribution >= 4 is 6.41 Å². The molecule has 1 aliphatic rings. The minimum atomic E-state index is 0.317. The molecule has 1 amide bonds. The second-order valence-electron chi connectivity index (χ2n) is 2.93. The van der Waals surface area contributed by atoms with Crippen molar-refractivity contribution in [1.29, 1.82) is 0 Å². The van der Waals surface area contributed by atoms with Crippen LogP contribution in [0.2, 0.25) is 0 Å². The quantitative estimate of drug-likeness (QED) is 0.566. The van der Waals surface area contributed by atoms with Crippen LogP contribution in [0.15, 0.2) is 12.4 Å². The van der Waals surface area contributed by atoms with Crippen LogP contribution in [-0.2, 0) is 4.79 Å². The van der Waals surface area contributed by atoms with E-state index in [4.69, 9.17) is 0 Å². The number of hydrogen-bond donors (Lipinski definition) is 0. The Morgan fingerprint density at radius 1 is 1.58 bits per heavy atom. The molecule has 1 atom stereocenters. The average molecular weight is 166 g/mol. The second-order valence-corrected chi connectivity index (χ2v) is 2.93. The highest BCUT2D eigenvalue weighted by atomic mass is 16.1. The summed E-state index contributed by atoms with van der Waals surface area (Å²) in [5.74, 6) is 0. The van der Waals surface area contributed by atoms with Crippen LogP contribution >= 0.6 is 0 Å². The summed E-state index contributed by atoms with van der Waals surface area (Å²) in [6.45, 7) is 1.58. The molecule has 0 aromatic carbocycles. The van der Waals surface area contributed by atoms with Gasteiger partial charge < -0.3 is 4.90 Å². The van der Waals surface area contributed by atoms with Crippen molar-refractivity contribution < 1.29 is 4.79 Å². The molecule has 1 unspecified atom stereocenters. The largest absolute Gasteiger partial charge is 0.343 e. The van der Waals surface area contributed by atoms with Crippen molar-refractivity contribution in [2.24, 2.45) is 0 Å². The zero-order valence-electron chi connectivity index (χ0n) is 6.63. The first-order valence-corrected chi connectivity index (χ1v) is 3.95. The Morgan fingerprint density at radius 2 is 2.50 bits per heavy atom. The monoisotopic (exact) mass is 166 g/mol. The van der Waals surface area contributed by atoms with Crippen molar-refractivity contribution in [2.45, 2.75) is 12.5 Å². The SMILES string of the molecule is O=CN1CCC(n2ccnn2)C1. The van der Waals surface area contributed by atoms with Gasteiger partial charge in [0.1, 0.15) is 0 Å². The van der Waals surface area contributed by atoms with E-state index in [9.17, 15) is 4.79 Å². The predicted molar refractivity (Wildman–Crippen MR) is 41.3 cm³/mol. The first-order valence-electron chi connectivity index (χ1n) is 3.95. The summed E-state index contributed by atoms with van der Waals surface area (Å²) in [4.78, 5) is 12.2. The third-order valence-corrected chi connectivity index (χ3v) is 2.16. The summed E-state index contributed by atoms with van der Waals surface area (Å²) in [5.41, 5.74) is 0. The van der Waals surface area contributed by atoms with Crippen LogP contribution in [0.4, 0.5) is 0 Å². The molecule has 5 nitrogen and oxygen atoms in total. The number of rotatable bonds is 2. The highest BCUT2D eigenvalue weighted by molar-refractivity contribution is 5.47. The van der Waals surface area contributed by atoms with Crippen molar-refractivity contribution in [2.75, 3.05) is 13.1 Å². The Hall–Kier alpha value is -1.39. The van der Waals surface area contributed by atoms with Gasteiger partial charge in [-0.3, -0.25) is 4.79 Å². The Kier molecular flexibility index (Phi) is 1.77. The molecule has 1 fully saturated rings. The van der Waals surface area contributed by atoms with Crippen LogP contribution in [0.25, 0.3) is 0 Å². The lowest BCUT2D eigenvalue weighted by Gasteiger charge is -2.09. The molecule has 1 aliphatic heterocycles. The van der Waals surface area contributed by atoms with Crippen LogP contribution in [-0.4, -0.2) is 39.4 Å². The van der Waals surface area contributed by atoms with Gasteiger partial charge in [0.05, 0.1) is 12.2 Å². The molecule has 12 heavy (non-hydrogen) atoms. The molecule has 0 N–H and O–H groups in total. The fourth-order valence-corrected chi connectivity index (χ4v) is 1.49. The number of carbonyl (C=O) groups excluding carboxylic acids is 1. The van der Waals surface area contributed by atoms with Crippen LogP contribution in [0.1, 0.15) is 12.5 Å². The lowest BCUT2D eigenvalue weighted by Crippen LogP contribution is -2.19. The van der Waals surface area contributed by atoms with Gasteiger partial charge in [-0.15, -0.1) is 5.10 Å². The lowest BCUT2D eigenvalue weighted by atomic mass is 10.3. The predicted octanol–water partition coefficient (Wildman–Crippen LogP) is -0.319. The molecule has 1 aromatic rings. The molecular formula is C7H10N4O. The molecular weight excluding hydrogens is 156 g/mol. The maximum absolute atomic E-state index is 10.4. The van der Waals surface area contributed by atoms with E-state index in [-0.39, 0.29) is 0 Å². The third kappa shape index (κ3) is 1.17. The van der Waals surface area contributed by atoms with Gasteiger partial charge in [0.15, 0.2) is 0 Å². The van der Waals surface area contributed by atoms with Gasteiger partial charge in [0.2, 0.25) is 6.41 Å². The zero-order valence-corrected chi connectivity index (χ0v) is 6.63. The fourth-order valence-electron chi connectivity index (χ4n) is 1.49. The Balaban J connectivity index is 2.04. The van der Waals surface area contributed by atoms with Gasteiger partial charge in [-0.1, -0.05) is 5.21 Å². The maximum Gasteiger partial charge on any atom is 0.209 e. The Morgan fingerprint density at radius 3 is 3.08 bits per heavy atom. The normalized spacial score (nSPS) is 23.0. The molecule has 0 saturated carbocycles. The van der Waals surface area contributed by atoms with E-state index < -0.39 is 0 Å². The molecule has 0 bridgehead atoms. The summed E-state index contributed by atoms with van der Waals surface area (Å²) in [7, 11) is 0. The molecule has 5 heteroatoms. The third-order valence-electron chi connectivity index (χ3n) is 2.16. The summed E-state index contributed by atoms with van der Waals surface area (Å²) < 4.78 is 1.81. The number of carbonyl (C=O) groups is 1. The highest BCUT2D eigenvalue weighted by Crippen LogP contribution is 2.18. The van der Waals surface area contributed by atoms with Gasteiger partial charge in [-0.2, -0.15) is 0 Å². The average Bonchev–Trinajstić information content (AvgIpc) is 2.75. The number of likely N-dealkylation sites (tertiary alicyclic amines) is 1. The first-order chi connectivity index (χ1) is 5.90. The highest BCUT2D eigenvalue weighted by Gasteiger charge is 2.22. The van der Waals surface area contributed by atoms with E-state index >= 15 is 0 Å². The molecule has 0 radical (unpaired) electrons. The number of nitrogens with zero attached hydrogens (tertiary/aromatic N) is 4. The van der Waals surface area contributed by atoms with Crippen molar-refractivity contribution in [3.8, 4) is 0 Å². The molecule has 0 aliphatic carbocycles. The van der Waals surface area contributed by atoms with Gasteiger partial charge in [0.25, 0.3) is 0 Å². The maximum atomic E-state index is 10.4. The van der Waals surface area contributed by atoms with Gasteiger partial charge in [-0.05, 0) is 6.42 Å². The minimum Gasteiger partial charge on any atom is -0.343 e. The number of hydrogen-bond acceptors (Lipinski definition) is 3. The fraction of sp³-hybridized carbons (Fsp3) is 0.571. The van der Waals surface area contributed by atoms with Crippen LogP contribution in [0, 0.1) is 0 Å². The van der Waals surface area contributed by atoms with Crippen LogP contribution in [0.3, 0.4) is 0 Å². The van der Waals surface area contributed by atoms with Crippen LogP contribution < -0.4 is 0 Å². The number of amides is 1. The molecule has 64 valence electrons. The molecule has 1 saturated heterocycles. The van der Waals surface area contributed by atoms with Crippen LogP contribution in [0.5, 0.6) is 0 Å². The van der Waals surface area contributed by atoms with Gasteiger partial charge in [-0.25, -0.2) is 4.68 Å². The summed E-state index contributed by atoms with van der Waals surface area (Å²) >= 11 is 0. The van der Waals surface area contributed by atoms with E-state index in [1.807, 2.05) is 10.9 Å². The van der Waals surface area contributed by atoms with E-state index in [1.54, 1.807) is 11.1 Å². The van der Waals surface area contributed by atoms with Crippen molar-refractivity contribution in [1.82, 2.24) is 19.9 Å². The van der Waals surface area contributed by atoms with E-state index in [1.165, 1.54) is 0 Å². The zero-order chi connectivity index (χ0) is 8.39. The van der Waals surface area contributed by atoms with E-state index in [2.05, 4.69) is 10.3 Å². The summed E-state index contributed by atoms with van der Waals surface area (Å²) in [6, 6.07) is 0.317. The van der Waals surface area contributed by atoms with Crippen molar-refractivity contribution in [3.05, 3.63) is 12.4 Å². The molecule has 2 heterocycles. The molecule has 2 rings (SSSR count). The lowest BCUT2D eigenvalue weighted by molar-refractivity contribution is -0.117. The van der Waals surface area contributed by atoms with E-state index in [0.29, 0.717) is 6.04 Å². The topological polar surface area (TPSA) is 51.0 Å². The summed E-state index contributed by atoms with van der Waals surface area (Å²) in [5, 5.41) is 7.61. The number of aromatic nitrogens is 3. The van der Waals surface area contributed by atoms with E-state index in [0.717, 1.165) is 25.9 Å².